The molecule has 0 amide bonds. The Kier molecular flexibility index (Phi) is 3.63. The van der Waals surface area contributed by atoms with Gasteiger partial charge in [0.2, 0.25) is 0 Å². The van der Waals surface area contributed by atoms with E-state index in [0.717, 1.165) is 17.8 Å². The molecule has 0 saturated heterocycles. The van der Waals surface area contributed by atoms with E-state index in [0.29, 0.717) is 9.50 Å². The van der Waals surface area contributed by atoms with Crippen LogP contribution in [0.2, 0.25) is 0 Å². The molecule has 0 fully saturated rings. The highest BCUT2D eigenvalue weighted by atomic mass is 79.9. The van der Waals surface area contributed by atoms with Crippen LogP contribution in [-0.4, -0.2) is 4.98 Å². The molecule has 2 nitrogen and oxygen atoms in total. The van der Waals surface area contributed by atoms with Crippen molar-refractivity contribution in [3.8, 4) is 0 Å². The maximum atomic E-state index is 13.6. The van der Waals surface area contributed by atoms with Crippen LogP contribution in [0.25, 0.3) is 0 Å². The van der Waals surface area contributed by atoms with Crippen LogP contribution in [0.3, 0.4) is 0 Å². The summed E-state index contributed by atoms with van der Waals surface area (Å²) in [5.41, 5.74) is 5.80. The van der Waals surface area contributed by atoms with Crippen molar-refractivity contribution in [3.63, 3.8) is 0 Å². The van der Waals surface area contributed by atoms with Gasteiger partial charge in [-0.05, 0) is 40.2 Å². The molecule has 17 heavy (non-hydrogen) atoms. The van der Waals surface area contributed by atoms with Crippen molar-refractivity contribution in [2.24, 2.45) is 0 Å². The highest BCUT2D eigenvalue weighted by Gasteiger charge is 2.15. The van der Waals surface area contributed by atoms with E-state index in [1.807, 2.05) is 0 Å². The number of benzene rings is 1. The van der Waals surface area contributed by atoms with Crippen LogP contribution in [0.4, 0.5) is 14.5 Å². The Bertz CT molecular complexity index is 563. The average molecular weight is 317 g/mol. The Morgan fingerprint density at radius 2 is 2.00 bits per heavy atom. The van der Waals surface area contributed by atoms with E-state index in [1.54, 1.807) is 18.3 Å². The second kappa shape index (κ2) is 5.01. The summed E-state index contributed by atoms with van der Waals surface area (Å²) < 4.78 is 27.3. The topological polar surface area (TPSA) is 38.9 Å². The summed E-state index contributed by atoms with van der Waals surface area (Å²) in [6, 6.07) is 5.84. The molecule has 0 atom stereocenters. The monoisotopic (exact) mass is 316 g/mol. The van der Waals surface area contributed by atoms with Crippen LogP contribution in [0.5, 0.6) is 0 Å². The Hall–Kier alpha value is -1.14. The SMILES string of the molecule is Nc1ccc(F)c(F)c1Sc1ncccc1Br. The van der Waals surface area contributed by atoms with Crippen molar-refractivity contribution < 1.29 is 8.78 Å². The molecule has 0 saturated carbocycles. The van der Waals surface area contributed by atoms with Crippen molar-refractivity contribution in [1.29, 1.82) is 0 Å². The van der Waals surface area contributed by atoms with E-state index < -0.39 is 11.6 Å². The summed E-state index contributed by atoms with van der Waals surface area (Å²) in [5, 5.41) is 0.531. The molecule has 88 valence electrons. The fourth-order valence-electron chi connectivity index (χ4n) is 1.19. The van der Waals surface area contributed by atoms with Gasteiger partial charge in [0.05, 0.1) is 9.37 Å². The third-order valence-corrected chi connectivity index (χ3v) is 4.04. The summed E-state index contributed by atoms with van der Waals surface area (Å²) >= 11 is 4.26. The van der Waals surface area contributed by atoms with Gasteiger partial charge >= 0.3 is 0 Å². The highest BCUT2D eigenvalue weighted by molar-refractivity contribution is 9.10. The number of nitrogens with two attached hydrogens (primary N) is 1. The molecule has 0 radical (unpaired) electrons. The normalized spacial score (nSPS) is 10.5. The van der Waals surface area contributed by atoms with Crippen molar-refractivity contribution in [1.82, 2.24) is 4.98 Å². The minimum atomic E-state index is -0.951. The maximum absolute atomic E-state index is 13.6. The summed E-state index contributed by atoms with van der Waals surface area (Å²) in [6.45, 7) is 0. The molecular weight excluding hydrogens is 310 g/mol. The Morgan fingerprint density at radius 1 is 1.24 bits per heavy atom. The average Bonchev–Trinajstić information content (AvgIpc) is 2.32. The Labute approximate surface area is 109 Å². The van der Waals surface area contributed by atoms with Gasteiger partial charge in [0.25, 0.3) is 0 Å². The molecule has 1 aromatic heterocycles. The van der Waals surface area contributed by atoms with E-state index in [-0.39, 0.29) is 10.6 Å². The van der Waals surface area contributed by atoms with Crippen LogP contribution in [0.15, 0.2) is 44.9 Å². The fourth-order valence-corrected chi connectivity index (χ4v) is 2.54. The highest BCUT2D eigenvalue weighted by Crippen LogP contribution is 2.37. The second-order valence-corrected chi connectivity index (χ2v) is 5.03. The van der Waals surface area contributed by atoms with Gasteiger partial charge in [-0.15, -0.1) is 0 Å². The number of aromatic nitrogens is 1. The zero-order valence-corrected chi connectivity index (χ0v) is 10.9. The van der Waals surface area contributed by atoms with E-state index in [2.05, 4.69) is 20.9 Å². The molecular formula is C11H7BrF2N2S. The van der Waals surface area contributed by atoms with Gasteiger partial charge in [0, 0.05) is 11.9 Å². The lowest BCUT2D eigenvalue weighted by atomic mass is 10.3. The zero-order chi connectivity index (χ0) is 12.4. The van der Waals surface area contributed by atoms with Crippen LogP contribution in [0.1, 0.15) is 0 Å². The predicted molar refractivity (Wildman–Crippen MR) is 66.8 cm³/mol. The van der Waals surface area contributed by atoms with Crippen LogP contribution >= 0.6 is 27.7 Å². The first kappa shape index (κ1) is 12.3. The summed E-state index contributed by atoms with van der Waals surface area (Å²) in [5.74, 6) is -1.87. The van der Waals surface area contributed by atoms with Gasteiger partial charge in [-0.1, -0.05) is 11.8 Å². The van der Waals surface area contributed by atoms with E-state index in [9.17, 15) is 8.78 Å². The maximum Gasteiger partial charge on any atom is 0.174 e. The third-order valence-electron chi connectivity index (χ3n) is 2.00. The number of anilines is 1. The summed E-state index contributed by atoms with van der Waals surface area (Å²) in [6.07, 6.45) is 1.57. The second-order valence-electron chi connectivity index (χ2n) is 3.17. The standard InChI is InChI=1S/C11H7BrF2N2S/c12-6-2-1-5-16-11(6)17-10-8(15)4-3-7(13)9(10)14/h1-5H,15H2. The molecule has 0 spiro atoms. The molecule has 1 aromatic carbocycles. The van der Waals surface area contributed by atoms with Gasteiger partial charge in [0.15, 0.2) is 11.6 Å². The Morgan fingerprint density at radius 3 is 2.71 bits per heavy atom. The van der Waals surface area contributed by atoms with Gasteiger partial charge < -0.3 is 5.73 Å². The lowest BCUT2D eigenvalue weighted by Crippen LogP contribution is -1.96. The van der Waals surface area contributed by atoms with E-state index in [1.165, 1.54) is 6.07 Å². The molecule has 0 aliphatic carbocycles. The molecule has 2 aromatic rings. The fraction of sp³-hybridized carbons (Fsp3) is 0. The van der Waals surface area contributed by atoms with Gasteiger partial charge in [-0.25, -0.2) is 13.8 Å². The molecule has 2 rings (SSSR count). The molecule has 0 unspecified atom stereocenters. The molecule has 0 aliphatic heterocycles. The molecule has 2 N–H and O–H groups in total. The number of nitrogen functional groups attached to an aromatic ring is 1. The quantitative estimate of drug-likeness (QED) is 0.855. The van der Waals surface area contributed by atoms with Crippen molar-refractivity contribution in [2.75, 3.05) is 5.73 Å². The molecule has 1 heterocycles. The van der Waals surface area contributed by atoms with Crippen LogP contribution in [0, 0.1) is 11.6 Å². The molecule has 0 aliphatic rings. The number of halogens is 3. The first-order valence-corrected chi connectivity index (χ1v) is 6.22. The lowest BCUT2D eigenvalue weighted by Gasteiger charge is -2.07. The number of pyridine rings is 1. The van der Waals surface area contributed by atoms with Crippen molar-refractivity contribution in [3.05, 3.63) is 46.6 Å². The lowest BCUT2D eigenvalue weighted by molar-refractivity contribution is 0.492. The van der Waals surface area contributed by atoms with E-state index >= 15 is 0 Å². The van der Waals surface area contributed by atoms with Gasteiger partial charge in [-0.3, -0.25) is 0 Å². The largest absolute Gasteiger partial charge is 0.398 e. The molecule has 0 bridgehead atoms. The predicted octanol–water partition coefficient (Wildman–Crippen LogP) is 3.86. The molecule has 6 heteroatoms. The smallest absolute Gasteiger partial charge is 0.174 e. The number of hydrogen-bond acceptors (Lipinski definition) is 3. The third kappa shape index (κ3) is 2.58. The van der Waals surface area contributed by atoms with Crippen LogP contribution in [-0.2, 0) is 0 Å². The Balaban J connectivity index is 2.43. The summed E-state index contributed by atoms with van der Waals surface area (Å²) in [4.78, 5) is 4.10. The zero-order valence-electron chi connectivity index (χ0n) is 8.45. The minimum Gasteiger partial charge on any atom is -0.398 e. The first-order chi connectivity index (χ1) is 8.09. The first-order valence-electron chi connectivity index (χ1n) is 4.61. The summed E-state index contributed by atoms with van der Waals surface area (Å²) in [7, 11) is 0. The van der Waals surface area contributed by atoms with E-state index in [4.69, 9.17) is 5.73 Å². The number of rotatable bonds is 2. The van der Waals surface area contributed by atoms with Gasteiger partial charge in [0.1, 0.15) is 5.03 Å². The van der Waals surface area contributed by atoms with Crippen molar-refractivity contribution >= 4 is 33.4 Å². The van der Waals surface area contributed by atoms with Gasteiger partial charge in [-0.2, -0.15) is 0 Å². The number of hydrogen-bond donors (Lipinski definition) is 1. The minimum absolute atomic E-state index is 0.0457. The number of nitrogens with zero attached hydrogens (tertiary/aromatic N) is 1. The van der Waals surface area contributed by atoms with Crippen LogP contribution < -0.4 is 5.73 Å². The van der Waals surface area contributed by atoms with Crippen molar-refractivity contribution in [2.45, 2.75) is 9.92 Å².